The van der Waals surface area contributed by atoms with Gasteiger partial charge >= 0.3 is 5.97 Å². The Balaban J connectivity index is 1.87. The predicted molar refractivity (Wildman–Crippen MR) is 77.4 cm³/mol. The van der Waals surface area contributed by atoms with Crippen molar-refractivity contribution in [1.82, 2.24) is 0 Å². The monoisotopic (exact) mass is 292 g/mol. The summed E-state index contributed by atoms with van der Waals surface area (Å²) in [4.78, 5) is 12.3. The van der Waals surface area contributed by atoms with Crippen LogP contribution in [0.3, 0.4) is 0 Å². The van der Waals surface area contributed by atoms with Crippen LogP contribution in [0.4, 0.5) is 0 Å². The summed E-state index contributed by atoms with van der Waals surface area (Å²) >= 11 is 1.24. The summed E-state index contributed by atoms with van der Waals surface area (Å²) in [6, 6.07) is 11.5. The van der Waals surface area contributed by atoms with Crippen molar-refractivity contribution < 1.29 is 19.4 Å². The van der Waals surface area contributed by atoms with Gasteiger partial charge in [0.15, 0.2) is 11.7 Å². The Morgan fingerprint density at radius 1 is 1.30 bits per heavy atom. The molecule has 5 heteroatoms. The molecule has 0 amide bonds. The minimum Gasteiger partial charge on any atom is -0.477 e. The summed E-state index contributed by atoms with van der Waals surface area (Å²) in [6.45, 7) is 2.45. The fourth-order valence-corrected chi connectivity index (χ4v) is 2.57. The van der Waals surface area contributed by atoms with Crippen LogP contribution in [0.25, 0.3) is 0 Å². The van der Waals surface area contributed by atoms with Crippen LogP contribution < -0.4 is 4.74 Å². The van der Waals surface area contributed by atoms with Gasteiger partial charge in [0, 0.05) is 4.88 Å². The molecule has 0 saturated carbocycles. The van der Waals surface area contributed by atoms with Gasteiger partial charge in [-0.05, 0) is 18.1 Å². The third kappa shape index (κ3) is 3.82. The fraction of sp³-hybridized carbons (Fsp3) is 0.267. The standard InChI is InChI=1S/C15H16O4S/c1-2-12-8-13(14(20-12)15(16)17)19-10-18-9-11-6-4-3-5-7-11/h3-8H,2,9-10H2,1H3,(H,16,17). The van der Waals surface area contributed by atoms with Crippen molar-refractivity contribution in [3.05, 3.63) is 51.7 Å². The molecule has 0 bridgehead atoms. The molecule has 0 radical (unpaired) electrons. The second-order valence-corrected chi connectivity index (χ2v) is 5.30. The molecule has 2 aromatic rings. The van der Waals surface area contributed by atoms with Crippen molar-refractivity contribution in [3.8, 4) is 5.75 Å². The number of rotatable bonds is 7. The van der Waals surface area contributed by atoms with E-state index in [2.05, 4.69) is 0 Å². The molecule has 0 fully saturated rings. The molecule has 106 valence electrons. The van der Waals surface area contributed by atoms with Gasteiger partial charge in [-0.3, -0.25) is 0 Å². The molecule has 0 aliphatic carbocycles. The van der Waals surface area contributed by atoms with Gasteiger partial charge in [-0.1, -0.05) is 37.3 Å². The highest BCUT2D eigenvalue weighted by Gasteiger charge is 2.16. The molecular formula is C15H16O4S. The van der Waals surface area contributed by atoms with E-state index in [1.54, 1.807) is 6.07 Å². The molecule has 1 heterocycles. The molecule has 0 unspecified atom stereocenters. The normalized spacial score (nSPS) is 10.4. The van der Waals surface area contributed by atoms with Crippen LogP contribution in [0, 0.1) is 0 Å². The van der Waals surface area contributed by atoms with Crippen molar-refractivity contribution in [2.24, 2.45) is 0 Å². The zero-order valence-electron chi connectivity index (χ0n) is 11.2. The molecule has 0 aliphatic heterocycles. The number of hydrogen-bond donors (Lipinski definition) is 1. The first-order chi connectivity index (χ1) is 9.70. The SMILES string of the molecule is CCc1cc(OCOCc2ccccc2)c(C(=O)O)s1. The largest absolute Gasteiger partial charge is 0.477 e. The maximum absolute atomic E-state index is 11.1. The first kappa shape index (κ1) is 14.6. The molecule has 0 atom stereocenters. The lowest BCUT2D eigenvalue weighted by Gasteiger charge is -2.06. The third-order valence-corrected chi connectivity index (χ3v) is 3.95. The Hall–Kier alpha value is -1.85. The first-order valence-corrected chi connectivity index (χ1v) is 7.12. The Kier molecular flexibility index (Phi) is 5.15. The highest BCUT2D eigenvalue weighted by Crippen LogP contribution is 2.29. The van der Waals surface area contributed by atoms with Crippen molar-refractivity contribution in [2.45, 2.75) is 20.0 Å². The zero-order valence-corrected chi connectivity index (χ0v) is 12.0. The number of carboxylic acids is 1. The van der Waals surface area contributed by atoms with Crippen molar-refractivity contribution in [2.75, 3.05) is 6.79 Å². The minimum absolute atomic E-state index is 0.0368. The van der Waals surface area contributed by atoms with Crippen LogP contribution in [-0.4, -0.2) is 17.9 Å². The molecule has 1 aromatic heterocycles. The van der Waals surface area contributed by atoms with E-state index in [0.717, 1.165) is 16.9 Å². The molecule has 1 N–H and O–H groups in total. The molecule has 0 aliphatic rings. The average molecular weight is 292 g/mol. The first-order valence-electron chi connectivity index (χ1n) is 6.31. The average Bonchev–Trinajstić information content (AvgIpc) is 2.88. The number of aromatic carboxylic acids is 1. The molecule has 1 aromatic carbocycles. The maximum atomic E-state index is 11.1. The Labute approximate surface area is 121 Å². The van der Waals surface area contributed by atoms with E-state index in [1.165, 1.54) is 11.3 Å². The van der Waals surface area contributed by atoms with Crippen LogP contribution in [0.5, 0.6) is 5.75 Å². The van der Waals surface area contributed by atoms with E-state index in [0.29, 0.717) is 12.4 Å². The van der Waals surface area contributed by atoms with Crippen LogP contribution >= 0.6 is 11.3 Å². The lowest BCUT2D eigenvalue weighted by Crippen LogP contribution is -2.05. The Bertz CT molecular complexity index is 563. The van der Waals surface area contributed by atoms with Gasteiger partial charge in [0.2, 0.25) is 0 Å². The van der Waals surface area contributed by atoms with Crippen molar-refractivity contribution in [1.29, 1.82) is 0 Å². The number of aryl methyl sites for hydroxylation is 1. The summed E-state index contributed by atoms with van der Waals surface area (Å²) in [7, 11) is 0. The lowest BCUT2D eigenvalue weighted by molar-refractivity contribution is 0.00462. The predicted octanol–water partition coefficient (Wildman–Crippen LogP) is 3.56. The number of carboxylic acid groups (broad SMARTS) is 1. The van der Waals surface area contributed by atoms with Gasteiger partial charge in [0.25, 0.3) is 0 Å². The molecule has 0 saturated heterocycles. The number of ether oxygens (including phenoxy) is 2. The van der Waals surface area contributed by atoms with Gasteiger partial charge in [-0.25, -0.2) is 4.79 Å². The van der Waals surface area contributed by atoms with E-state index in [-0.39, 0.29) is 11.7 Å². The summed E-state index contributed by atoms with van der Waals surface area (Å²) < 4.78 is 10.8. The third-order valence-electron chi connectivity index (χ3n) is 2.70. The number of thiophene rings is 1. The van der Waals surface area contributed by atoms with Gasteiger partial charge in [-0.15, -0.1) is 11.3 Å². The smallest absolute Gasteiger partial charge is 0.349 e. The van der Waals surface area contributed by atoms with Gasteiger partial charge in [0.05, 0.1) is 6.61 Å². The topological polar surface area (TPSA) is 55.8 Å². The number of benzene rings is 1. The summed E-state index contributed by atoms with van der Waals surface area (Å²) in [5.41, 5.74) is 1.05. The van der Waals surface area contributed by atoms with Crippen LogP contribution in [0.1, 0.15) is 27.0 Å². The van der Waals surface area contributed by atoms with E-state index in [4.69, 9.17) is 14.6 Å². The van der Waals surface area contributed by atoms with Crippen molar-refractivity contribution in [3.63, 3.8) is 0 Å². The number of hydrogen-bond acceptors (Lipinski definition) is 4. The second kappa shape index (κ2) is 7.07. The molecule has 0 spiro atoms. The summed E-state index contributed by atoms with van der Waals surface area (Å²) in [5.74, 6) is -0.583. The summed E-state index contributed by atoms with van der Waals surface area (Å²) in [5, 5.41) is 9.10. The van der Waals surface area contributed by atoms with E-state index in [9.17, 15) is 4.79 Å². The quantitative estimate of drug-likeness (QED) is 0.626. The van der Waals surface area contributed by atoms with E-state index < -0.39 is 5.97 Å². The van der Waals surface area contributed by atoms with Crippen LogP contribution in [-0.2, 0) is 17.8 Å². The zero-order chi connectivity index (χ0) is 14.4. The molecular weight excluding hydrogens is 276 g/mol. The van der Waals surface area contributed by atoms with Gasteiger partial charge in [-0.2, -0.15) is 0 Å². The van der Waals surface area contributed by atoms with E-state index in [1.807, 2.05) is 37.3 Å². The fourth-order valence-electron chi connectivity index (χ4n) is 1.69. The highest BCUT2D eigenvalue weighted by molar-refractivity contribution is 7.14. The van der Waals surface area contributed by atoms with E-state index >= 15 is 0 Å². The Morgan fingerprint density at radius 2 is 2.05 bits per heavy atom. The lowest BCUT2D eigenvalue weighted by atomic mass is 10.2. The molecule has 20 heavy (non-hydrogen) atoms. The van der Waals surface area contributed by atoms with Crippen LogP contribution in [0.15, 0.2) is 36.4 Å². The molecule has 4 nitrogen and oxygen atoms in total. The number of carbonyl (C=O) groups is 1. The Morgan fingerprint density at radius 3 is 2.70 bits per heavy atom. The summed E-state index contributed by atoms with van der Waals surface area (Å²) in [6.07, 6.45) is 0.791. The minimum atomic E-state index is -0.965. The van der Waals surface area contributed by atoms with Gasteiger partial charge < -0.3 is 14.6 Å². The maximum Gasteiger partial charge on any atom is 0.349 e. The van der Waals surface area contributed by atoms with Crippen molar-refractivity contribution >= 4 is 17.3 Å². The van der Waals surface area contributed by atoms with Crippen LogP contribution in [0.2, 0.25) is 0 Å². The van der Waals surface area contributed by atoms with Gasteiger partial charge in [0.1, 0.15) is 5.75 Å². The second-order valence-electron chi connectivity index (χ2n) is 4.16. The molecule has 2 rings (SSSR count). The highest BCUT2D eigenvalue weighted by atomic mass is 32.1.